The average Bonchev–Trinajstić information content (AvgIpc) is 2.83. The number of benzene rings is 2. The highest BCUT2D eigenvalue weighted by molar-refractivity contribution is 5.89. The van der Waals surface area contributed by atoms with Crippen LogP contribution in [0.5, 0.6) is 0 Å². The molecule has 2 N–H and O–H groups in total. The van der Waals surface area contributed by atoms with Gasteiger partial charge in [0.1, 0.15) is 5.82 Å². The number of hydrogen-bond acceptors (Lipinski definition) is 2. The van der Waals surface area contributed by atoms with Crippen LogP contribution < -0.4 is 5.32 Å². The van der Waals surface area contributed by atoms with Crippen LogP contribution in [0.3, 0.4) is 0 Å². The van der Waals surface area contributed by atoms with Crippen LogP contribution in [0.15, 0.2) is 36.4 Å². The summed E-state index contributed by atoms with van der Waals surface area (Å²) in [5, 5.41) is 12.5. The summed E-state index contributed by atoms with van der Waals surface area (Å²) in [5.74, 6) is -1.15. The van der Waals surface area contributed by atoms with Crippen molar-refractivity contribution in [3.63, 3.8) is 0 Å². The molecule has 3 rings (SSSR count). The second-order valence-electron chi connectivity index (χ2n) is 5.41. The zero-order chi connectivity index (χ0) is 15.0. The monoisotopic (exact) mass is 285 g/mol. The molecule has 1 aliphatic carbocycles. The first-order valence-electron chi connectivity index (χ1n) is 6.93. The van der Waals surface area contributed by atoms with Crippen molar-refractivity contribution in [1.29, 1.82) is 0 Å². The molecule has 1 atom stereocenters. The molecule has 4 heteroatoms. The molecule has 1 unspecified atom stereocenters. The SMILES string of the molecule is Cc1ccc(C(=O)O)cc1NC1CCc2cc(F)ccc21. The highest BCUT2D eigenvalue weighted by atomic mass is 19.1. The van der Waals surface area contributed by atoms with Crippen LogP contribution in [0.2, 0.25) is 0 Å². The van der Waals surface area contributed by atoms with Crippen molar-refractivity contribution in [3.05, 3.63) is 64.5 Å². The van der Waals surface area contributed by atoms with Crippen LogP contribution >= 0.6 is 0 Å². The molecule has 0 fully saturated rings. The topological polar surface area (TPSA) is 49.3 Å². The Bertz CT molecular complexity index is 712. The van der Waals surface area contributed by atoms with Gasteiger partial charge in [-0.1, -0.05) is 12.1 Å². The van der Waals surface area contributed by atoms with E-state index in [1.807, 2.05) is 13.0 Å². The summed E-state index contributed by atoms with van der Waals surface area (Å²) in [6.07, 6.45) is 1.72. The number of anilines is 1. The minimum absolute atomic E-state index is 0.100. The predicted molar refractivity (Wildman–Crippen MR) is 79.2 cm³/mol. The second-order valence-corrected chi connectivity index (χ2v) is 5.41. The van der Waals surface area contributed by atoms with Gasteiger partial charge >= 0.3 is 5.97 Å². The van der Waals surface area contributed by atoms with Crippen LogP contribution in [0.25, 0.3) is 0 Å². The summed E-state index contributed by atoms with van der Waals surface area (Å²) in [6.45, 7) is 1.94. The lowest BCUT2D eigenvalue weighted by atomic mass is 10.1. The molecule has 0 saturated heterocycles. The van der Waals surface area contributed by atoms with E-state index < -0.39 is 5.97 Å². The molecule has 0 spiro atoms. The van der Waals surface area contributed by atoms with Gasteiger partial charge in [0.15, 0.2) is 0 Å². The molecule has 0 bridgehead atoms. The van der Waals surface area contributed by atoms with Gasteiger partial charge in [0.25, 0.3) is 0 Å². The van der Waals surface area contributed by atoms with Gasteiger partial charge in [-0.2, -0.15) is 0 Å². The first-order chi connectivity index (χ1) is 10.0. The van der Waals surface area contributed by atoms with E-state index >= 15 is 0 Å². The molecular formula is C17H16FNO2. The van der Waals surface area contributed by atoms with Gasteiger partial charge in [0, 0.05) is 5.69 Å². The van der Waals surface area contributed by atoms with Gasteiger partial charge in [0.2, 0.25) is 0 Å². The Morgan fingerprint density at radius 2 is 2.10 bits per heavy atom. The molecule has 2 aromatic rings. The molecule has 0 aliphatic heterocycles. The number of carbonyl (C=O) groups is 1. The highest BCUT2D eigenvalue weighted by Gasteiger charge is 2.23. The fourth-order valence-electron chi connectivity index (χ4n) is 2.83. The minimum Gasteiger partial charge on any atom is -0.478 e. The number of carboxylic acids is 1. The molecular weight excluding hydrogens is 269 g/mol. The maximum atomic E-state index is 13.2. The van der Waals surface area contributed by atoms with Crippen molar-refractivity contribution in [1.82, 2.24) is 0 Å². The van der Waals surface area contributed by atoms with Crippen molar-refractivity contribution in [2.24, 2.45) is 0 Å². The van der Waals surface area contributed by atoms with Crippen molar-refractivity contribution < 1.29 is 14.3 Å². The smallest absolute Gasteiger partial charge is 0.335 e. The number of aromatic carboxylic acids is 1. The molecule has 0 radical (unpaired) electrons. The Morgan fingerprint density at radius 1 is 1.29 bits per heavy atom. The van der Waals surface area contributed by atoms with Crippen molar-refractivity contribution >= 4 is 11.7 Å². The van der Waals surface area contributed by atoms with E-state index in [-0.39, 0.29) is 17.4 Å². The second kappa shape index (κ2) is 5.20. The number of rotatable bonds is 3. The lowest BCUT2D eigenvalue weighted by molar-refractivity contribution is 0.0697. The number of nitrogens with one attached hydrogen (secondary N) is 1. The largest absolute Gasteiger partial charge is 0.478 e. The molecule has 108 valence electrons. The van der Waals surface area contributed by atoms with E-state index in [2.05, 4.69) is 5.32 Å². The van der Waals surface area contributed by atoms with Crippen molar-refractivity contribution in [2.45, 2.75) is 25.8 Å². The molecule has 0 aromatic heterocycles. The quantitative estimate of drug-likeness (QED) is 0.898. The van der Waals surface area contributed by atoms with E-state index in [0.29, 0.717) is 0 Å². The maximum absolute atomic E-state index is 13.2. The van der Waals surface area contributed by atoms with Crippen LogP contribution in [0, 0.1) is 12.7 Å². The average molecular weight is 285 g/mol. The summed E-state index contributed by atoms with van der Waals surface area (Å²) >= 11 is 0. The van der Waals surface area contributed by atoms with Crippen LogP contribution in [0.4, 0.5) is 10.1 Å². The molecule has 2 aromatic carbocycles. The van der Waals surface area contributed by atoms with Gasteiger partial charge in [-0.25, -0.2) is 9.18 Å². The molecule has 0 saturated carbocycles. The highest BCUT2D eigenvalue weighted by Crippen LogP contribution is 2.35. The fourth-order valence-corrected chi connectivity index (χ4v) is 2.83. The van der Waals surface area contributed by atoms with E-state index in [9.17, 15) is 9.18 Å². The molecule has 0 amide bonds. The molecule has 1 aliphatic rings. The molecule has 3 nitrogen and oxygen atoms in total. The number of carboxylic acid groups (broad SMARTS) is 1. The molecule has 0 heterocycles. The third-order valence-electron chi connectivity index (χ3n) is 4.00. The number of hydrogen-bond donors (Lipinski definition) is 2. The first-order valence-corrected chi connectivity index (χ1v) is 6.93. The summed E-state index contributed by atoms with van der Waals surface area (Å²) in [6, 6.07) is 10.0. The standard InChI is InChI=1S/C17H16FNO2/c1-10-2-3-12(17(20)21)9-16(10)19-15-7-4-11-8-13(18)5-6-14(11)15/h2-3,5-6,8-9,15,19H,4,7H2,1H3,(H,20,21). The lowest BCUT2D eigenvalue weighted by Gasteiger charge is -2.18. The minimum atomic E-state index is -0.938. The first kappa shape index (κ1) is 13.6. The van der Waals surface area contributed by atoms with E-state index in [0.717, 1.165) is 35.2 Å². The van der Waals surface area contributed by atoms with E-state index in [1.165, 1.54) is 6.07 Å². The summed E-state index contributed by atoms with van der Waals surface area (Å²) < 4.78 is 13.2. The van der Waals surface area contributed by atoms with Crippen LogP contribution in [0.1, 0.15) is 39.5 Å². The normalized spacial score (nSPS) is 16.6. The van der Waals surface area contributed by atoms with Gasteiger partial charge in [-0.05, 0) is 60.7 Å². The zero-order valence-electron chi connectivity index (χ0n) is 11.7. The third-order valence-corrected chi connectivity index (χ3v) is 4.00. The van der Waals surface area contributed by atoms with Crippen molar-refractivity contribution in [2.75, 3.05) is 5.32 Å². The fraction of sp³-hybridized carbons (Fsp3) is 0.235. The Labute approximate surface area is 122 Å². The van der Waals surface area contributed by atoms with Crippen LogP contribution in [-0.2, 0) is 6.42 Å². The van der Waals surface area contributed by atoms with E-state index in [4.69, 9.17) is 5.11 Å². The van der Waals surface area contributed by atoms with Crippen LogP contribution in [-0.4, -0.2) is 11.1 Å². The number of aryl methyl sites for hydroxylation is 2. The predicted octanol–water partition coefficient (Wildman–Crippen LogP) is 3.93. The number of halogens is 1. The summed E-state index contributed by atoms with van der Waals surface area (Å²) in [7, 11) is 0. The lowest BCUT2D eigenvalue weighted by Crippen LogP contribution is -2.09. The summed E-state index contributed by atoms with van der Waals surface area (Å²) in [4.78, 5) is 11.1. The maximum Gasteiger partial charge on any atom is 0.335 e. The van der Waals surface area contributed by atoms with Gasteiger partial charge in [-0.15, -0.1) is 0 Å². The van der Waals surface area contributed by atoms with Crippen molar-refractivity contribution in [3.8, 4) is 0 Å². The zero-order valence-corrected chi connectivity index (χ0v) is 11.7. The Hall–Kier alpha value is -2.36. The van der Waals surface area contributed by atoms with Gasteiger partial charge < -0.3 is 10.4 Å². The van der Waals surface area contributed by atoms with Gasteiger partial charge in [0.05, 0.1) is 11.6 Å². The van der Waals surface area contributed by atoms with Gasteiger partial charge in [-0.3, -0.25) is 0 Å². The Balaban J connectivity index is 1.89. The Kier molecular flexibility index (Phi) is 3.37. The Morgan fingerprint density at radius 3 is 2.86 bits per heavy atom. The third kappa shape index (κ3) is 2.61. The van der Waals surface area contributed by atoms with E-state index in [1.54, 1.807) is 24.3 Å². The summed E-state index contributed by atoms with van der Waals surface area (Å²) in [5.41, 5.74) is 4.20. The number of fused-ring (bicyclic) bond motifs is 1. The molecule has 21 heavy (non-hydrogen) atoms.